The Bertz CT molecular complexity index is 199. The first-order chi connectivity index (χ1) is 5.86. The Labute approximate surface area is 78.1 Å². The molecular formula is C9H17NO3. The van der Waals surface area contributed by atoms with E-state index in [0.29, 0.717) is 12.8 Å². The van der Waals surface area contributed by atoms with Crippen molar-refractivity contribution in [3.05, 3.63) is 0 Å². The van der Waals surface area contributed by atoms with E-state index in [0.717, 1.165) is 6.42 Å². The largest absolute Gasteiger partial charge is 0.481 e. The van der Waals surface area contributed by atoms with E-state index in [-0.39, 0.29) is 12.3 Å². The van der Waals surface area contributed by atoms with Crippen LogP contribution in [-0.2, 0) is 9.59 Å². The third-order valence-corrected chi connectivity index (χ3v) is 2.11. The van der Waals surface area contributed by atoms with Gasteiger partial charge in [0.25, 0.3) is 0 Å². The number of rotatable bonds is 6. The number of nitrogens with two attached hydrogens (primary N) is 1. The lowest BCUT2D eigenvalue weighted by molar-refractivity contribution is -0.137. The number of carbonyl (C=O) groups is 2. The molecule has 0 aliphatic rings. The van der Waals surface area contributed by atoms with Crippen LogP contribution in [0, 0.1) is 5.41 Å². The minimum absolute atomic E-state index is 0.162. The Morgan fingerprint density at radius 3 is 2.23 bits per heavy atom. The van der Waals surface area contributed by atoms with Gasteiger partial charge in [-0.05, 0) is 12.8 Å². The van der Waals surface area contributed by atoms with Crippen LogP contribution < -0.4 is 5.73 Å². The minimum Gasteiger partial charge on any atom is -0.481 e. The molecule has 0 saturated heterocycles. The van der Waals surface area contributed by atoms with E-state index >= 15 is 0 Å². The molecular weight excluding hydrogens is 170 g/mol. The van der Waals surface area contributed by atoms with Crippen molar-refractivity contribution in [2.24, 2.45) is 11.1 Å². The summed E-state index contributed by atoms with van der Waals surface area (Å²) in [6.07, 6.45) is 2.14. The number of hydrogen-bond acceptors (Lipinski definition) is 2. The topological polar surface area (TPSA) is 80.4 Å². The molecule has 0 fully saturated rings. The maximum absolute atomic E-state index is 10.9. The summed E-state index contributed by atoms with van der Waals surface area (Å²) in [6, 6.07) is 0. The quantitative estimate of drug-likeness (QED) is 0.612. The van der Waals surface area contributed by atoms with E-state index in [1.54, 1.807) is 13.8 Å². The highest BCUT2D eigenvalue weighted by Crippen LogP contribution is 2.22. The smallest absolute Gasteiger partial charge is 0.303 e. The summed E-state index contributed by atoms with van der Waals surface area (Å²) in [6.45, 7) is 3.55. The van der Waals surface area contributed by atoms with Crippen molar-refractivity contribution in [2.45, 2.75) is 39.5 Å². The molecule has 0 aliphatic heterocycles. The van der Waals surface area contributed by atoms with Gasteiger partial charge in [-0.25, -0.2) is 0 Å². The van der Waals surface area contributed by atoms with E-state index in [1.807, 2.05) is 0 Å². The Morgan fingerprint density at radius 2 is 1.85 bits per heavy atom. The minimum atomic E-state index is -0.795. The van der Waals surface area contributed by atoms with Crippen LogP contribution in [0.15, 0.2) is 0 Å². The molecule has 4 nitrogen and oxygen atoms in total. The van der Waals surface area contributed by atoms with Gasteiger partial charge in [0.2, 0.25) is 5.91 Å². The van der Waals surface area contributed by atoms with Crippen LogP contribution in [0.3, 0.4) is 0 Å². The Hall–Kier alpha value is -1.06. The maximum atomic E-state index is 10.9. The molecule has 0 heterocycles. The van der Waals surface area contributed by atoms with Gasteiger partial charge in [0.1, 0.15) is 0 Å². The van der Waals surface area contributed by atoms with Gasteiger partial charge >= 0.3 is 5.97 Å². The van der Waals surface area contributed by atoms with Gasteiger partial charge in [-0.1, -0.05) is 20.3 Å². The number of unbranched alkanes of at least 4 members (excludes halogenated alkanes) is 1. The molecule has 0 atom stereocenters. The van der Waals surface area contributed by atoms with Crippen LogP contribution in [-0.4, -0.2) is 17.0 Å². The molecule has 0 saturated carbocycles. The molecule has 1 amide bonds. The summed E-state index contributed by atoms with van der Waals surface area (Å²) >= 11 is 0. The van der Waals surface area contributed by atoms with E-state index in [2.05, 4.69) is 0 Å². The first kappa shape index (κ1) is 11.9. The van der Waals surface area contributed by atoms with Gasteiger partial charge in [0.15, 0.2) is 0 Å². The number of carboxylic acids is 1. The highest BCUT2D eigenvalue weighted by molar-refractivity contribution is 5.79. The molecule has 0 aromatic carbocycles. The molecule has 76 valence electrons. The standard InChI is InChI=1S/C9H17NO3/c1-9(2,8(10)13)6-4-3-5-7(11)12/h3-6H2,1-2H3,(H2,10,13)(H,11,12). The molecule has 0 aromatic heterocycles. The monoisotopic (exact) mass is 187 g/mol. The molecule has 13 heavy (non-hydrogen) atoms. The van der Waals surface area contributed by atoms with E-state index in [1.165, 1.54) is 0 Å². The van der Waals surface area contributed by atoms with Crippen molar-refractivity contribution < 1.29 is 14.7 Å². The fourth-order valence-electron chi connectivity index (χ4n) is 0.966. The van der Waals surface area contributed by atoms with Crippen LogP contribution in [0.1, 0.15) is 39.5 Å². The number of hydrogen-bond donors (Lipinski definition) is 2. The van der Waals surface area contributed by atoms with Gasteiger partial charge in [-0.2, -0.15) is 0 Å². The number of primary amides is 1. The highest BCUT2D eigenvalue weighted by atomic mass is 16.4. The van der Waals surface area contributed by atoms with Crippen LogP contribution in [0.4, 0.5) is 0 Å². The third-order valence-electron chi connectivity index (χ3n) is 2.11. The van der Waals surface area contributed by atoms with E-state index < -0.39 is 11.4 Å². The lowest BCUT2D eigenvalue weighted by Crippen LogP contribution is -2.31. The number of amides is 1. The van der Waals surface area contributed by atoms with E-state index in [4.69, 9.17) is 10.8 Å². The first-order valence-electron chi connectivity index (χ1n) is 4.38. The fraction of sp³-hybridized carbons (Fsp3) is 0.778. The Balaban J connectivity index is 3.64. The van der Waals surface area contributed by atoms with Crippen molar-refractivity contribution in [3.8, 4) is 0 Å². The zero-order valence-corrected chi connectivity index (χ0v) is 8.17. The summed E-state index contributed by atoms with van der Waals surface area (Å²) in [7, 11) is 0. The normalized spacial score (nSPS) is 11.2. The van der Waals surface area contributed by atoms with Crippen molar-refractivity contribution >= 4 is 11.9 Å². The van der Waals surface area contributed by atoms with Crippen molar-refractivity contribution in [1.29, 1.82) is 0 Å². The maximum Gasteiger partial charge on any atom is 0.303 e. The van der Waals surface area contributed by atoms with Crippen LogP contribution in [0.5, 0.6) is 0 Å². The van der Waals surface area contributed by atoms with Gasteiger partial charge < -0.3 is 10.8 Å². The van der Waals surface area contributed by atoms with Gasteiger partial charge in [0.05, 0.1) is 0 Å². The van der Waals surface area contributed by atoms with Gasteiger partial charge in [-0.15, -0.1) is 0 Å². The van der Waals surface area contributed by atoms with Crippen molar-refractivity contribution in [2.75, 3.05) is 0 Å². The molecule has 0 bridgehead atoms. The highest BCUT2D eigenvalue weighted by Gasteiger charge is 2.23. The summed E-state index contributed by atoms with van der Waals surface area (Å²) in [5.74, 6) is -1.13. The number of carbonyl (C=O) groups excluding carboxylic acids is 1. The predicted octanol–water partition coefficient (Wildman–Crippen LogP) is 1.14. The van der Waals surface area contributed by atoms with Crippen LogP contribution >= 0.6 is 0 Å². The summed E-state index contributed by atoms with van der Waals surface area (Å²) < 4.78 is 0. The fourth-order valence-corrected chi connectivity index (χ4v) is 0.966. The lowest BCUT2D eigenvalue weighted by Gasteiger charge is -2.19. The lowest BCUT2D eigenvalue weighted by atomic mass is 9.86. The zero-order chi connectivity index (χ0) is 10.5. The molecule has 0 rings (SSSR count). The second kappa shape index (κ2) is 4.84. The number of aliphatic carboxylic acids is 1. The Morgan fingerprint density at radius 1 is 1.31 bits per heavy atom. The second-order valence-electron chi connectivity index (χ2n) is 3.85. The molecule has 0 spiro atoms. The van der Waals surface area contributed by atoms with E-state index in [9.17, 15) is 9.59 Å². The SMILES string of the molecule is CC(C)(CCCCC(=O)O)C(N)=O. The summed E-state index contributed by atoms with van der Waals surface area (Å²) in [4.78, 5) is 21.0. The van der Waals surface area contributed by atoms with Crippen LogP contribution in [0.25, 0.3) is 0 Å². The predicted molar refractivity (Wildman–Crippen MR) is 49.1 cm³/mol. The van der Waals surface area contributed by atoms with Crippen LogP contribution in [0.2, 0.25) is 0 Å². The molecule has 0 aliphatic carbocycles. The molecule has 0 radical (unpaired) electrons. The number of carboxylic acid groups (broad SMARTS) is 1. The van der Waals surface area contributed by atoms with Crippen molar-refractivity contribution in [3.63, 3.8) is 0 Å². The van der Waals surface area contributed by atoms with Crippen molar-refractivity contribution in [1.82, 2.24) is 0 Å². The molecule has 3 N–H and O–H groups in total. The average molecular weight is 187 g/mol. The molecule has 4 heteroatoms. The average Bonchev–Trinajstić information content (AvgIpc) is 1.97. The zero-order valence-electron chi connectivity index (χ0n) is 8.17. The summed E-state index contributed by atoms with van der Waals surface area (Å²) in [5.41, 5.74) is 4.64. The Kier molecular flexibility index (Phi) is 4.45. The van der Waals surface area contributed by atoms with Gasteiger partial charge in [0, 0.05) is 11.8 Å². The third kappa shape index (κ3) is 5.22. The first-order valence-corrected chi connectivity index (χ1v) is 4.38. The van der Waals surface area contributed by atoms with Gasteiger partial charge in [-0.3, -0.25) is 9.59 Å². The summed E-state index contributed by atoms with van der Waals surface area (Å²) in [5, 5.41) is 8.36. The molecule has 0 aromatic rings. The second-order valence-corrected chi connectivity index (χ2v) is 3.85. The molecule has 0 unspecified atom stereocenters.